The van der Waals surface area contributed by atoms with E-state index in [-0.39, 0.29) is 10.6 Å². The highest BCUT2D eigenvalue weighted by atomic mass is 79.9. The number of thiazole rings is 1. The van der Waals surface area contributed by atoms with Gasteiger partial charge in [-0.3, -0.25) is 4.79 Å². The monoisotopic (exact) mass is 258 g/mol. The summed E-state index contributed by atoms with van der Waals surface area (Å²) in [4.78, 5) is 15.6. The summed E-state index contributed by atoms with van der Waals surface area (Å²) in [6.07, 6.45) is 1.92. The normalized spacial score (nSPS) is 12.1. The van der Waals surface area contributed by atoms with Crippen LogP contribution in [0.4, 0.5) is 0 Å². The van der Waals surface area contributed by atoms with E-state index in [0.29, 0.717) is 11.3 Å². The summed E-state index contributed by atoms with van der Waals surface area (Å²) in [5.41, 5.74) is 0. The molecule has 1 atom stereocenters. The number of ketones is 1. The van der Waals surface area contributed by atoms with Crippen molar-refractivity contribution in [2.75, 3.05) is 0 Å². The van der Waals surface area contributed by atoms with Crippen molar-refractivity contribution in [2.24, 2.45) is 0 Å². The molecule has 0 bridgehead atoms. The summed E-state index contributed by atoms with van der Waals surface area (Å²) in [6, 6.07) is 2.04. The van der Waals surface area contributed by atoms with Crippen LogP contribution < -0.4 is 0 Å². The van der Waals surface area contributed by atoms with E-state index in [1.54, 1.807) is 6.20 Å². The van der Waals surface area contributed by atoms with E-state index in [4.69, 9.17) is 5.26 Å². The lowest BCUT2D eigenvalue weighted by Crippen LogP contribution is -1.85. The van der Waals surface area contributed by atoms with Crippen LogP contribution in [-0.4, -0.2) is 10.8 Å². The van der Waals surface area contributed by atoms with E-state index >= 15 is 0 Å². The van der Waals surface area contributed by atoms with Gasteiger partial charge < -0.3 is 0 Å². The van der Waals surface area contributed by atoms with Gasteiger partial charge in [-0.15, -0.1) is 11.3 Å². The molecule has 0 N–H and O–H groups in total. The number of aromatic nitrogens is 1. The molecule has 1 heterocycles. The molecule has 1 rings (SSSR count). The summed E-state index contributed by atoms with van der Waals surface area (Å²) in [7, 11) is 0. The molecule has 1 unspecified atom stereocenters. The van der Waals surface area contributed by atoms with Crippen LogP contribution in [0.5, 0.6) is 0 Å². The number of Topliss-reactive ketones (excluding diaryl/α,β-unsaturated/α-hetero) is 1. The number of halogens is 1. The zero-order chi connectivity index (χ0) is 9.84. The van der Waals surface area contributed by atoms with Gasteiger partial charge in [0.25, 0.3) is 0 Å². The number of hydrogen-bond acceptors (Lipinski definition) is 4. The lowest BCUT2D eigenvalue weighted by Gasteiger charge is -1.97. The lowest BCUT2D eigenvalue weighted by atomic mass is 10.3. The molecule has 0 aliphatic heterocycles. The van der Waals surface area contributed by atoms with Gasteiger partial charge in [0.2, 0.25) is 0 Å². The number of carbonyl (C=O) groups is 1. The predicted octanol–water partition coefficient (Wildman–Crippen LogP) is 2.70. The molecule has 0 saturated heterocycles. The standard InChI is InChI=1S/C8H7BrN2OS/c1-5(12)7-4-11-8(13-7)6(9)2-3-10/h4,6H,2H2,1H3. The summed E-state index contributed by atoms with van der Waals surface area (Å²) >= 11 is 4.65. The maximum Gasteiger partial charge on any atom is 0.171 e. The van der Waals surface area contributed by atoms with Crippen molar-refractivity contribution in [3.8, 4) is 6.07 Å². The molecule has 0 amide bonds. The van der Waals surface area contributed by atoms with Crippen LogP contribution in [0.15, 0.2) is 6.20 Å². The summed E-state index contributed by atoms with van der Waals surface area (Å²) in [6.45, 7) is 1.50. The van der Waals surface area contributed by atoms with Crippen LogP contribution in [0.25, 0.3) is 0 Å². The molecule has 0 fully saturated rings. The zero-order valence-corrected chi connectivity index (χ0v) is 9.35. The second-order valence-electron chi connectivity index (χ2n) is 2.45. The van der Waals surface area contributed by atoms with Crippen molar-refractivity contribution < 1.29 is 4.79 Å². The second kappa shape index (κ2) is 4.49. The van der Waals surface area contributed by atoms with E-state index in [1.165, 1.54) is 18.3 Å². The molecule has 0 radical (unpaired) electrons. The van der Waals surface area contributed by atoms with Crippen molar-refractivity contribution in [3.63, 3.8) is 0 Å². The van der Waals surface area contributed by atoms with Crippen LogP contribution in [0, 0.1) is 11.3 Å². The minimum absolute atomic E-state index is 0.0143. The lowest BCUT2D eigenvalue weighted by molar-refractivity contribution is 0.102. The fraction of sp³-hybridized carbons (Fsp3) is 0.375. The minimum Gasteiger partial charge on any atom is -0.294 e. The van der Waals surface area contributed by atoms with E-state index in [1.807, 2.05) is 6.07 Å². The molecule has 0 spiro atoms. The molecule has 68 valence electrons. The molecule has 0 aromatic carbocycles. The molecule has 0 saturated carbocycles. The van der Waals surface area contributed by atoms with Gasteiger partial charge in [0, 0.05) is 13.1 Å². The van der Waals surface area contributed by atoms with E-state index in [9.17, 15) is 4.79 Å². The van der Waals surface area contributed by atoms with Crippen LogP contribution in [0.2, 0.25) is 0 Å². The molecule has 0 aliphatic carbocycles. The molecule has 3 nitrogen and oxygen atoms in total. The fourth-order valence-electron chi connectivity index (χ4n) is 0.763. The van der Waals surface area contributed by atoms with Gasteiger partial charge >= 0.3 is 0 Å². The number of carbonyl (C=O) groups excluding carboxylic acids is 1. The number of alkyl halides is 1. The molecular formula is C8H7BrN2OS. The average Bonchev–Trinajstić information content (AvgIpc) is 2.52. The van der Waals surface area contributed by atoms with Crippen molar-refractivity contribution >= 4 is 33.0 Å². The van der Waals surface area contributed by atoms with Crippen LogP contribution >= 0.6 is 27.3 Å². The van der Waals surface area contributed by atoms with Crippen molar-refractivity contribution in [2.45, 2.75) is 18.2 Å². The largest absolute Gasteiger partial charge is 0.294 e. The van der Waals surface area contributed by atoms with Gasteiger partial charge in [0.15, 0.2) is 5.78 Å². The second-order valence-corrected chi connectivity index (χ2v) is 4.62. The highest BCUT2D eigenvalue weighted by Crippen LogP contribution is 2.29. The third-order valence-corrected chi connectivity index (χ3v) is 3.68. The number of rotatable bonds is 3. The first-order valence-corrected chi connectivity index (χ1v) is 5.36. The smallest absolute Gasteiger partial charge is 0.171 e. The Balaban J connectivity index is 2.80. The van der Waals surface area contributed by atoms with Gasteiger partial charge in [0.1, 0.15) is 5.01 Å². The van der Waals surface area contributed by atoms with Gasteiger partial charge in [-0.1, -0.05) is 15.9 Å². The van der Waals surface area contributed by atoms with Gasteiger partial charge in [-0.05, 0) is 0 Å². The quantitative estimate of drug-likeness (QED) is 0.619. The van der Waals surface area contributed by atoms with Crippen molar-refractivity contribution in [1.82, 2.24) is 4.98 Å². The topological polar surface area (TPSA) is 53.8 Å². The van der Waals surface area contributed by atoms with Gasteiger partial charge in [0.05, 0.1) is 22.2 Å². The highest BCUT2D eigenvalue weighted by Gasteiger charge is 2.13. The average molecular weight is 259 g/mol. The molecule has 1 aromatic rings. The van der Waals surface area contributed by atoms with Gasteiger partial charge in [-0.2, -0.15) is 5.26 Å². The van der Waals surface area contributed by atoms with Crippen molar-refractivity contribution in [1.29, 1.82) is 5.26 Å². The molecule has 1 aromatic heterocycles. The number of hydrogen-bond donors (Lipinski definition) is 0. The van der Waals surface area contributed by atoms with E-state index < -0.39 is 0 Å². The van der Waals surface area contributed by atoms with Gasteiger partial charge in [-0.25, -0.2) is 4.98 Å². The first kappa shape index (κ1) is 10.4. The van der Waals surface area contributed by atoms with E-state index in [2.05, 4.69) is 20.9 Å². The Bertz CT molecular complexity index is 355. The summed E-state index contributed by atoms with van der Waals surface area (Å²) in [5.74, 6) is 0.0143. The van der Waals surface area contributed by atoms with E-state index in [0.717, 1.165) is 5.01 Å². The predicted molar refractivity (Wildman–Crippen MR) is 54.0 cm³/mol. The first-order valence-electron chi connectivity index (χ1n) is 3.63. The fourth-order valence-corrected chi connectivity index (χ4v) is 2.10. The highest BCUT2D eigenvalue weighted by molar-refractivity contribution is 9.09. The SMILES string of the molecule is CC(=O)c1cnc(C(Br)CC#N)s1. The summed E-state index contributed by atoms with van der Waals surface area (Å²) in [5, 5.41) is 9.23. The molecule has 13 heavy (non-hydrogen) atoms. The Labute approximate surface area is 88.5 Å². The Morgan fingerprint density at radius 1 is 1.92 bits per heavy atom. The maximum absolute atomic E-state index is 10.9. The third-order valence-electron chi connectivity index (χ3n) is 1.41. The summed E-state index contributed by atoms with van der Waals surface area (Å²) < 4.78 is 0. The number of nitriles is 1. The number of nitrogens with zero attached hydrogens (tertiary/aromatic N) is 2. The Morgan fingerprint density at radius 2 is 2.62 bits per heavy atom. The zero-order valence-electron chi connectivity index (χ0n) is 6.95. The molecular weight excluding hydrogens is 252 g/mol. The minimum atomic E-state index is -0.0596. The Kier molecular flexibility index (Phi) is 3.58. The first-order chi connectivity index (χ1) is 6.15. The Morgan fingerprint density at radius 3 is 3.08 bits per heavy atom. The van der Waals surface area contributed by atoms with Crippen LogP contribution in [-0.2, 0) is 0 Å². The maximum atomic E-state index is 10.9. The van der Waals surface area contributed by atoms with Crippen LogP contribution in [0.1, 0.15) is 32.9 Å². The Hall–Kier alpha value is -0.730. The third kappa shape index (κ3) is 2.61. The molecule has 5 heteroatoms. The van der Waals surface area contributed by atoms with Crippen LogP contribution in [0.3, 0.4) is 0 Å². The molecule has 0 aliphatic rings. The van der Waals surface area contributed by atoms with Crippen molar-refractivity contribution in [3.05, 3.63) is 16.1 Å².